The van der Waals surface area contributed by atoms with Crippen molar-refractivity contribution in [1.29, 1.82) is 0 Å². The van der Waals surface area contributed by atoms with Crippen LogP contribution in [0, 0.1) is 0 Å². The molecule has 3 rings (SSSR count). The molecule has 1 heterocycles. The van der Waals surface area contributed by atoms with Crippen molar-refractivity contribution in [3.8, 4) is 17.0 Å². The molecule has 110 valence electrons. The zero-order chi connectivity index (χ0) is 15.4. The molecule has 0 aliphatic rings. The number of methoxy groups -OCH3 is 1. The summed E-state index contributed by atoms with van der Waals surface area (Å²) in [6.07, 6.45) is 1.59. The minimum atomic E-state index is -0.0651. The van der Waals surface area contributed by atoms with Crippen molar-refractivity contribution in [3.05, 3.63) is 82.9 Å². The third kappa shape index (κ3) is 3.06. The minimum Gasteiger partial charge on any atom is -0.497 e. The van der Waals surface area contributed by atoms with Gasteiger partial charge in [-0.3, -0.25) is 9.36 Å². The number of ether oxygens (including phenoxy) is 1. The highest BCUT2D eigenvalue weighted by atomic mass is 16.5. The van der Waals surface area contributed by atoms with Gasteiger partial charge in [0.1, 0.15) is 5.75 Å². The summed E-state index contributed by atoms with van der Waals surface area (Å²) in [5, 5.41) is 0. The average molecular weight is 292 g/mol. The second-order valence-electron chi connectivity index (χ2n) is 4.95. The van der Waals surface area contributed by atoms with Crippen LogP contribution in [-0.4, -0.2) is 16.7 Å². The molecule has 0 spiro atoms. The van der Waals surface area contributed by atoms with Crippen LogP contribution in [0.15, 0.2) is 71.8 Å². The van der Waals surface area contributed by atoms with Gasteiger partial charge in [0.2, 0.25) is 0 Å². The Morgan fingerprint density at radius 3 is 2.41 bits per heavy atom. The molecule has 0 amide bonds. The Morgan fingerprint density at radius 1 is 1.05 bits per heavy atom. The Balaban J connectivity index is 1.87. The van der Waals surface area contributed by atoms with Gasteiger partial charge in [-0.05, 0) is 29.8 Å². The van der Waals surface area contributed by atoms with Crippen molar-refractivity contribution in [2.45, 2.75) is 6.54 Å². The Labute approximate surface area is 128 Å². The molecule has 0 radical (unpaired) electrons. The van der Waals surface area contributed by atoms with Crippen molar-refractivity contribution in [2.75, 3.05) is 7.11 Å². The number of aromatic nitrogens is 2. The standard InChI is InChI=1S/C18H16N2O2/c1-22-16-9-7-15(8-10-16)17-11-18(21)20(13-19-17)12-14-5-3-2-4-6-14/h2-11,13H,12H2,1H3. The van der Waals surface area contributed by atoms with Crippen molar-refractivity contribution in [3.63, 3.8) is 0 Å². The van der Waals surface area contributed by atoms with E-state index in [0.29, 0.717) is 12.2 Å². The number of nitrogens with zero attached hydrogens (tertiary/aromatic N) is 2. The maximum Gasteiger partial charge on any atom is 0.254 e. The van der Waals surface area contributed by atoms with E-state index >= 15 is 0 Å². The molecule has 0 N–H and O–H groups in total. The lowest BCUT2D eigenvalue weighted by Gasteiger charge is -2.07. The zero-order valence-electron chi connectivity index (χ0n) is 12.3. The molecule has 0 atom stereocenters. The van der Waals surface area contributed by atoms with Crippen LogP contribution < -0.4 is 10.3 Å². The number of benzene rings is 2. The number of hydrogen-bond donors (Lipinski definition) is 0. The summed E-state index contributed by atoms with van der Waals surface area (Å²) in [6.45, 7) is 0.523. The van der Waals surface area contributed by atoms with Crippen LogP contribution in [0.3, 0.4) is 0 Å². The highest BCUT2D eigenvalue weighted by Gasteiger charge is 2.04. The lowest BCUT2D eigenvalue weighted by atomic mass is 10.1. The van der Waals surface area contributed by atoms with E-state index in [1.54, 1.807) is 24.1 Å². The van der Waals surface area contributed by atoms with E-state index in [0.717, 1.165) is 16.9 Å². The first-order valence-corrected chi connectivity index (χ1v) is 7.01. The molecule has 0 fully saturated rings. The SMILES string of the molecule is COc1ccc(-c2cc(=O)n(Cc3ccccc3)cn2)cc1. The second kappa shape index (κ2) is 6.26. The molecule has 3 aromatic rings. The summed E-state index contributed by atoms with van der Waals surface area (Å²) >= 11 is 0. The minimum absolute atomic E-state index is 0.0651. The average Bonchev–Trinajstić information content (AvgIpc) is 2.58. The second-order valence-corrected chi connectivity index (χ2v) is 4.95. The molecule has 1 aromatic heterocycles. The van der Waals surface area contributed by atoms with Gasteiger partial charge >= 0.3 is 0 Å². The highest BCUT2D eigenvalue weighted by Crippen LogP contribution is 2.19. The molecule has 0 unspecified atom stereocenters. The summed E-state index contributed by atoms with van der Waals surface area (Å²) in [5.74, 6) is 0.779. The summed E-state index contributed by atoms with van der Waals surface area (Å²) < 4.78 is 6.73. The van der Waals surface area contributed by atoms with Crippen LogP contribution in [0.25, 0.3) is 11.3 Å². The van der Waals surface area contributed by atoms with Gasteiger partial charge in [0.15, 0.2) is 0 Å². The van der Waals surface area contributed by atoms with E-state index in [2.05, 4.69) is 4.98 Å². The number of rotatable bonds is 4. The van der Waals surface area contributed by atoms with E-state index in [-0.39, 0.29) is 5.56 Å². The molecule has 0 aliphatic heterocycles. The molecule has 0 aliphatic carbocycles. The van der Waals surface area contributed by atoms with E-state index in [4.69, 9.17) is 4.74 Å². The Bertz CT molecular complexity index is 808. The molecule has 2 aromatic carbocycles. The summed E-state index contributed by atoms with van der Waals surface area (Å²) in [5.41, 5.74) is 2.56. The maximum atomic E-state index is 12.2. The topological polar surface area (TPSA) is 44.1 Å². The summed E-state index contributed by atoms with van der Waals surface area (Å²) in [7, 11) is 1.62. The maximum absolute atomic E-state index is 12.2. The fourth-order valence-corrected chi connectivity index (χ4v) is 2.24. The highest BCUT2D eigenvalue weighted by molar-refractivity contribution is 5.59. The van der Waals surface area contributed by atoms with Crippen molar-refractivity contribution in [2.24, 2.45) is 0 Å². The van der Waals surface area contributed by atoms with Crippen molar-refractivity contribution >= 4 is 0 Å². The first-order valence-electron chi connectivity index (χ1n) is 7.01. The van der Waals surface area contributed by atoms with Crippen LogP contribution in [-0.2, 0) is 6.54 Å². The van der Waals surface area contributed by atoms with Gasteiger partial charge in [0, 0.05) is 11.6 Å². The van der Waals surface area contributed by atoms with Crippen molar-refractivity contribution < 1.29 is 4.74 Å². The zero-order valence-corrected chi connectivity index (χ0v) is 12.3. The fourth-order valence-electron chi connectivity index (χ4n) is 2.24. The first kappa shape index (κ1) is 14.1. The van der Waals surface area contributed by atoms with Gasteiger partial charge in [0.05, 0.1) is 25.7 Å². The molecule has 0 saturated carbocycles. The lowest BCUT2D eigenvalue weighted by molar-refractivity contribution is 0.415. The van der Waals surface area contributed by atoms with Crippen molar-refractivity contribution in [1.82, 2.24) is 9.55 Å². The third-order valence-corrected chi connectivity index (χ3v) is 3.46. The lowest BCUT2D eigenvalue weighted by Crippen LogP contribution is -2.20. The Hall–Kier alpha value is -2.88. The van der Waals surface area contributed by atoms with Gasteiger partial charge in [-0.15, -0.1) is 0 Å². The van der Waals surface area contributed by atoms with Crippen LogP contribution in [0.5, 0.6) is 5.75 Å². The van der Waals surface area contributed by atoms with E-state index in [9.17, 15) is 4.79 Å². The van der Waals surface area contributed by atoms with Crippen LogP contribution >= 0.6 is 0 Å². The predicted octanol–water partition coefficient (Wildman–Crippen LogP) is 2.97. The molecule has 0 bridgehead atoms. The number of hydrogen-bond acceptors (Lipinski definition) is 3. The van der Waals surface area contributed by atoms with Gasteiger partial charge < -0.3 is 4.74 Å². The van der Waals surface area contributed by atoms with Crippen LogP contribution in [0.1, 0.15) is 5.56 Å². The van der Waals surface area contributed by atoms with Gasteiger partial charge in [-0.1, -0.05) is 30.3 Å². The fraction of sp³-hybridized carbons (Fsp3) is 0.111. The monoisotopic (exact) mass is 292 g/mol. The molecule has 22 heavy (non-hydrogen) atoms. The Kier molecular flexibility index (Phi) is 4.01. The Morgan fingerprint density at radius 2 is 1.77 bits per heavy atom. The summed E-state index contributed by atoms with van der Waals surface area (Å²) in [4.78, 5) is 16.6. The molecular formula is C18H16N2O2. The normalized spacial score (nSPS) is 10.4. The van der Waals surface area contributed by atoms with Gasteiger partial charge in [-0.2, -0.15) is 0 Å². The summed E-state index contributed by atoms with van der Waals surface area (Å²) in [6, 6.07) is 18.9. The quantitative estimate of drug-likeness (QED) is 0.742. The van der Waals surface area contributed by atoms with Gasteiger partial charge in [0.25, 0.3) is 5.56 Å². The van der Waals surface area contributed by atoms with E-state index in [1.165, 1.54) is 0 Å². The molecule has 4 heteroatoms. The van der Waals surface area contributed by atoms with Gasteiger partial charge in [-0.25, -0.2) is 4.98 Å². The predicted molar refractivity (Wildman–Crippen MR) is 86.0 cm³/mol. The smallest absolute Gasteiger partial charge is 0.254 e. The molecule has 4 nitrogen and oxygen atoms in total. The third-order valence-electron chi connectivity index (χ3n) is 3.46. The van der Waals surface area contributed by atoms with Crippen LogP contribution in [0.2, 0.25) is 0 Å². The molecule has 0 saturated heterocycles. The largest absolute Gasteiger partial charge is 0.497 e. The van der Waals surface area contributed by atoms with E-state index < -0.39 is 0 Å². The molecular weight excluding hydrogens is 276 g/mol. The first-order chi connectivity index (χ1) is 10.8. The van der Waals surface area contributed by atoms with E-state index in [1.807, 2.05) is 54.6 Å². The van der Waals surface area contributed by atoms with Crippen LogP contribution in [0.4, 0.5) is 0 Å².